The third kappa shape index (κ3) is 3.69. The maximum atomic E-state index is 2.28. The third-order valence-corrected chi connectivity index (χ3v) is 8.30. The number of benzene rings is 7. The molecule has 0 atom stereocenters. The van der Waals surface area contributed by atoms with Crippen LogP contribution in [0.1, 0.15) is 0 Å². The van der Waals surface area contributed by atoms with Crippen molar-refractivity contribution in [2.24, 2.45) is 0 Å². The molecular weight excluding hydrogens is 480 g/mol. The predicted molar refractivity (Wildman–Crippen MR) is 175 cm³/mol. The molecule has 0 saturated heterocycles. The van der Waals surface area contributed by atoms with Gasteiger partial charge in [-0.1, -0.05) is 158 Å². The molecule has 0 saturated carbocycles. The fourth-order valence-electron chi connectivity index (χ4n) is 6.28. The van der Waals surface area contributed by atoms with E-state index in [-0.39, 0.29) is 0 Å². The predicted octanol–water partition coefficient (Wildman–Crippen LogP) is 11.4. The average Bonchev–Trinajstić information content (AvgIpc) is 3.01. The molecule has 0 amide bonds. The van der Waals surface area contributed by atoms with Crippen LogP contribution in [0.2, 0.25) is 0 Å². The van der Waals surface area contributed by atoms with Gasteiger partial charge in [-0.15, -0.1) is 0 Å². The first-order chi connectivity index (χ1) is 19.8. The number of hydrogen-bond acceptors (Lipinski definition) is 0. The SMILES string of the molecule is c1ccc2ccc3cccc4c3ccc3c(cccc34)ccc3cccc4c3ccc3c(cccc34)ccc2c1. The minimum absolute atomic E-state index is 1.20. The summed E-state index contributed by atoms with van der Waals surface area (Å²) in [5.74, 6) is 0. The molecule has 12 bridgehead atoms. The van der Waals surface area contributed by atoms with Crippen molar-refractivity contribution in [2.75, 3.05) is 0 Å². The molecule has 0 radical (unpaired) electrons. The Morgan fingerprint density at radius 3 is 0.700 bits per heavy atom. The Bertz CT molecular complexity index is 2210. The molecule has 0 heteroatoms. The molecular formula is C40H26. The van der Waals surface area contributed by atoms with Crippen molar-refractivity contribution in [1.29, 1.82) is 0 Å². The van der Waals surface area contributed by atoms with Crippen LogP contribution in [0.4, 0.5) is 0 Å². The van der Waals surface area contributed by atoms with E-state index in [1.165, 1.54) is 75.4 Å². The van der Waals surface area contributed by atoms with Gasteiger partial charge in [-0.05, 0) is 75.4 Å². The van der Waals surface area contributed by atoms with E-state index in [1.54, 1.807) is 0 Å². The van der Waals surface area contributed by atoms with E-state index >= 15 is 0 Å². The zero-order chi connectivity index (χ0) is 26.5. The fourth-order valence-corrected chi connectivity index (χ4v) is 6.28. The summed E-state index contributed by atoms with van der Waals surface area (Å²) in [4.78, 5) is 0. The highest BCUT2D eigenvalue weighted by atomic mass is 14.1. The minimum atomic E-state index is 1.20. The van der Waals surface area contributed by atoms with Crippen LogP contribution >= 0.6 is 0 Å². The van der Waals surface area contributed by atoms with Crippen molar-refractivity contribution in [1.82, 2.24) is 0 Å². The lowest BCUT2D eigenvalue weighted by atomic mass is 9.97. The lowest BCUT2D eigenvalue weighted by Gasteiger charge is -2.07. The van der Waals surface area contributed by atoms with Gasteiger partial charge >= 0.3 is 0 Å². The van der Waals surface area contributed by atoms with Crippen LogP contribution in [0.3, 0.4) is 0 Å². The van der Waals surface area contributed by atoms with E-state index in [2.05, 4.69) is 158 Å². The zero-order valence-electron chi connectivity index (χ0n) is 22.0. The van der Waals surface area contributed by atoms with Crippen LogP contribution in [0.5, 0.6) is 0 Å². The maximum absolute atomic E-state index is 2.28. The molecule has 10 rings (SSSR count). The van der Waals surface area contributed by atoms with Crippen molar-refractivity contribution in [3.8, 4) is 0 Å². The number of hydrogen-bond donors (Lipinski definition) is 0. The Balaban J connectivity index is 1.59. The van der Waals surface area contributed by atoms with Crippen LogP contribution in [0.15, 0.2) is 158 Å². The van der Waals surface area contributed by atoms with Gasteiger partial charge < -0.3 is 0 Å². The van der Waals surface area contributed by atoms with E-state index in [0.29, 0.717) is 0 Å². The highest BCUT2D eigenvalue weighted by Gasteiger charge is 2.05. The quantitative estimate of drug-likeness (QED) is 0.179. The monoisotopic (exact) mass is 506 g/mol. The molecule has 0 N–H and O–H groups in total. The molecule has 0 spiro atoms. The van der Waals surface area contributed by atoms with E-state index in [4.69, 9.17) is 0 Å². The van der Waals surface area contributed by atoms with Gasteiger partial charge in [0.15, 0.2) is 0 Å². The molecule has 0 heterocycles. The van der Waals surface area contributed by atoms with Gasteiger partial charge in [0.2, 0.25) is 0 Å². The highest BCUT2D eigenvalue weighted by Crippen LogP contribution is 2.32. The second-order valence-electron chi connectivity index (χ2n) is 10.5. The number of rotatable bonds is 0. The summed E-state index contributed by atoms with van der Waals surface area (Å²) in [5.41, 5.74) is 0. The van der Waals surface area contributed by atoms with E-state index in [1.807, 2.05) is 0 Å². The second kappa shape index (κ2) is 9.22. The van der Waals surface area contributed by atoms with Gasteiger partial charge in [-0.3, -0.25) is 0 Å². The molecule has 40 heavy (non-hydrogen) atoms. The van der Waals surface area contributed by atoms with Crippen LogP contribution in [-0.4, -0.2) is 0 Å². The average molecular weight is 507 g/mol. The van der Waals surface area contributed by atoms with E-state index in [0.717, 1.165) is 0 Å². The van der Waals surface area contributed by atoms with Crippen molar-refractivity contribution in [2.45, 2.75) is 0 Å². The van der Waals surface area contributed by atoms with Crippen LogP contribution < -0.4 is 0 Å². The van der Waals surface area contributed by atoms with E-state index in [9.17, 15) is 0 Å². The Morgan fingerprint density at radius 1 is 0.150 bits per heavy atom. The second-order valence-corrected chi connectivity index (χ2v) is 10.5. The van der Waals surface area contributed by atoms with Gasteiger partial charge in [0, 0.05) is 0 Å². The largest absolute Gasteiger partial charge is 0.0616 e. The Morgan fingerprint density at radius 2 is 0.400 bits per heavy atom. The van der Waals surface area contributed by atoms with Gasteiger partial charge in [0.05, 0.1) is 0 Å². The molecule has 10 aromatic carbocycles. The molecule has 0 aliphatic heterocycles. The Hall–Kier alpha value is -5.20. The summed E-state index contributed by atoms with van der Waals surface area (Å²) in [7, 11) is 0. The van der Waals surface area contributed by atoms with Crippen LogP contribution in [0.25, 0.3) is 75.4 Å². The van der Waals surface area contributed by atoms with Crippen LogP contribution in [0, 0.1) is 0 Å². The molecule has 0 aliphatic rings. The molecule has 186 valence electrons. The summed E-state index contributed by atoms with van der Waals surface area (Å²) in [6.45, 7) is 0. The van der Waals surface area contributed by atoms with Crippen molar-refractivity contribution >= 4 is 75.4 Å². The lowest BCUT2D eigenvalue weighted by Crippen LogP contribution is -1.80. The summed E-state index contributed by atoms with van der Waals surface area (Å²) in [5, 5.41) is 17.5. The van der Waals surface area contributed by atoms with Gasteiger partial charge in [0.25, 0.3) is 0 Å². The van der Waals surface area contributed by atoms with E-state index < -0.39 is 0 Å². The standard InChI is InChI=1S/C40H26/c1-2-8-28-18-20-30-10-4-14-38-34(30)24-26-36-32(12-6-16-40(36)38)22-21-31-11-5-15-39-35(31)25-23-33-29(9-3-13-37(33)39)19-17-27(28)7-1/h1-26H. The third-order valence-electron chi connectivity index (χ3n) is 8.30. The molecule has 0 fully saturated rings. The minimum Gasteiger partial charge on any atom is -0.0616 e. The molecule has 0 nitrogen and oxygen atoms in total. The molecule has 10 aromatic rings. The summed E-state index contributed by atoms with van der Waals surface area (Å²) in [6, 6.07) is 57.8. The Kier molecular flexibility index (Phi) is 5.24. The lowest BCUT2D eigenvalue weighted by molar-refractivity contribution is 1.77. The first-order valence-corrected chi connectivity index (χ1v) is 13.9. The molecule has 0 aliphatic carbocycles. The molecule has 0 unspecified atom stereocenters. The normalized spacial score (nSPS) is 11.5. The fraction of sp³-hybridized carbons (Fsp3) is 0. The summed E-state index contributed by atoms with van der Waals surface area (Å²) in [6.07, 6.45) is 0. The first-order valence-electron chi connectivity index (χ1n) is 13.9. The summed E-state index contributed by atoms with van der Waals surface area (Å²) >= 11 is 0. The van der Waals surface area contributed by atoms with Crippen molar-refractivity contribution < 1.29 is 0 Å². The maximum Gasteiger partial charge on any atom is -0.00992 e. The van der Waals surface area contributed by atoms with Gasteiger partial charge in [-0.2, -0.15) is 0 Å². The first kappa shape index (κ1) is 22.8. The highest BCUT2D eigenvalue weighted by molar-refractivity contribution is 6.18. The molecule has 0 aromatic heterocycles. The Labute approximate surface area is 232 Å². The zero-order valence-corrected chi connectivity index (χ0v) is 22.0. The summed E-state index contributed by atoms with van der Waals surface area (Å²) < 4.78 is 0. The van der Waals surface area contributed by atoms with Crippen LogP contribution in [-0.2, 0) is 0 Å². The topological polar surface area (TPSA) is 0 Å². The smallest absolute Gasteiger partial charge is 0.00992 e. The van der Waals surface area contributed by atoms with Crippen molar-refractivity contribution in [3.63, 3.8) is 0 Å². The van der Waals surface area contributed by atoms with Crippen molar-refractivity contribution in [3.05, 3.63) is 158 Å². The van der Waals surface area contributed by atoms with Gasteiger partial charge in [0.1, 0.15) is 0 Å². The van der Waals surface area contributed by atoms with Gasteiger partial charge in [-0.25, -0.2) is 0 Å².